The van der Waals surface area contributed by atoms with Crippen LogP contribution in [-0.2, 0) is 4.74 Å². The minimum absolute atomic E-state index is 0.0978. The minimum Gasteiger partial charge on any atom is -0.384 e. The number of hydrogen-bond acceptors (Lipinski definition) is 4. The molecule has 2 rings (SSSR count). The van der Waals surface area contributed by atoms with Crippen molar-refractivity contribution < 1.29 is 9.53 Å². The first kappa shape index (κ1) is 13.1. The molecule has 98 valence electrons. The van der Waals surface area contributed by atoms with Crippen molar-refractivity contribution in [1.82, 2.24) is 9.88 Å². The zero-order chi connectivity index (χ0) is 13.1. The summed E-state index contributed by atoms with van der Waals surface area (Å²) in [5.74, 6) is 0.180. The number of anilines is 1. The molecule has 1 aromatic heterocycles. The van der Waals surface area contributed by atoms with Gasteiger partial charge in [-0.05, 0) is 12.5 Å². The van der Waals surface area contributed by atoms with E-state index in [-0.39, 0.29) is 12.0 Å². The number of rotatable bonds is 2. The lowest BCUT2D eigenvalue weighted by Crippen LogP contribution is -2.45. The van der Waals surface area contributed by atoms with Crippen molar-refractivity contribution in [3.63, 3.8) is 0 Å². The van der Waals surface area contributed by atoms with Crippen LogP contribution in [0.15, 0.2) is 12.3 Å². The average molecular weight is 270 g/mol. The van der Waals surface area contributed by atoms with E-state index in [1.165, 1.54) is 12.3 Å². The van der Waals surface area contributed by atoms with Gasteiger partial charge < -0.3 is 15.4 Å². The molecule has 0 aliphatic carbocycles. The monoisotopic (exact) mass is 269 g/mol. The van der Waals surface area contributed by atoms with Gasteiger partial charge in [-0.3, -0.25) is 4.79 Å². The molecule has 0 bridgehead atoms. The van der Waals surface area contributed by atoms with Gasteiger partial charge >= 0.3 is 0 Å². The molecule has 1 aliphatic rings. The highest BCUT2D eigenvalue weighted by atomic mass is 35.5. The zero-order valence-electron chi connectivity index (χ0n) is 10.2. The SMILES string of the molecule is CCC1CN(C(=O)c2cc(N)ncc2Cl)CCO1. The van der Waals surface area contributed by atoms with Crippen LogP contribution in [-0.4, -0.2) is 41.6 Å². The van der Waals surface area contributed by atoms with E-state index in [0.29, 0.717) is 36.1 Å². The first-order valence-corrected chi connectivity index (χ1v) is 6.31. The second kappa shape index (κ2) is 5.54. The van der Waals surface area contributed by atoms with E-state index in [1.54, 1.807) is 4.90 Å². The molecule has 2 heterocycles. The number of carbonyl (C=O) groups excluding carboxylic acids is 1. The maximum atomic E-state index is 12.3. The van der Waals surface area contributed by atoms with Crippen LogP contribution >= 0.6 is 11.6 Å². The average Bonchev–Trinajstić information content (AvgIpc) is 2.41. The Bertz CT molecular complexity index is 453. The summed E-state index contributed by atoms with van der Waals surface area (Å²) in [5.41, 5.74) is 5.99. The Balaban J connectivity index is 2.17. The van der Waals surface area contributed by atoms with Crippen molar-refractivity contribution in [2.24, 2.45) is 0 Å². The van der Waals surface area contributed by atoms with Crippen LogP contribution in [0, 0.1) is 0 Å². The summed E-state index contributed by atoms with van der Waals surface area (Å²) >= 11 is 5.98. The van der Waals surface area contributed by atoms with Crippen molar-refractivity contribution >= 4 is 23.3 Å². The van der Waals surface area contributed by atoms with E-state index in [1.807, 2.05) is 6.92 Å². The molecule has 0 aromatic carbocycles. The number of carbonyl (C=O) groups is 1. The zero-order valence-corrected chi connectivity index (χ0v) is 11.0. The fourth-order valence-corrected chi connectivity index (χ4v) is 2.12. The van der Waals surface area contributed by atoms with Gasteiger partial charge in [0, 0.05) is 19.3 Å². The third kappa shape index (κ3) is 2.73. The highest BCUT2D eigenvalue weighted by molar-refractivity contribution is 6.33. The lowest BCUT2D eigenvalue weighted by atomic mass is 10.1. The van der Waals surface area contributed by atoms with Gasteiger partial charge in [-0.25, -0.2) is 4.98 Å². The number of nitrogen functional groups attached to an aromatic ring is 1. The molecule has 1 atom stereocenters. The number of morpholine rings is 1. The van der Waals surface area contributed by atoms with Gasteiger partial charge in [0.1, 0.15) is 5.82 Å². The standard InChI is InChI=1S/C12H16ClN3O2/c1-2-8-7-16(3-4-18-8)12(17)9-5-11(14)15-6-10(9)13/h5-6,8H,2-4,7H2,1H3,(H2,14,15). The molecule has 0 radical (unpaired) electrons. The molecule has 0 spiro atoms. The van der Waals surface area contributed by atoms with Crippen LogP contribution in [0.25, 0.3) is 0 Å². The Hall–Kier alpha value is -1.33. The van der Waals surface area contributed by atoms with Crippen molar-refractivity contribution in [3.8, 4) is 0 Å². The van der Waals surface area contributed by atoms with Crippen LogP contribution in [0.3, 0.4) is 0 Å². The molecule has 0 saturated carbocycles. The van der Waals surface area contributed by atoms with Crippen molar-refractivity contribution in [2.45, 2.75) is 19.4 Å². The lowest BCUT2D eigenvalue weighted by Gasteiger charge is -2.32. The van der Waals surface area contributed by atoms with Crippen LogP contribution in [0.1, 0.15) is 23.7 Å². The van der Waals surface area contributed by atoms with Gasteiger partial charge in [0.2, 0.25) is 0 Å². The normalized spacial score (nSPS) is 19.9. The summed E-state index contributed by atoms with van der Waals surface area (Å²) in [6, 6.07) is 1.51. The van der Waals surface area contributed by atoms with E-state index in [0.717, 1.165) is 6.42 Å². The van der Waals surface area contributed by atoms with Crippen LogP contribution in [0.4, 0.5) is 5.82 Å². The molecule has 1 saturated heterocycles. The van der Waals surface area contributed by atoms with E-state index in [2.05, 4.69) is 4.98 Å². The summed E-state index contributed by atoms with van der Waals surface area (Å²) in [7, 11) is 0. The third-order valence-corrected chi connectivity index (χ3v) is 3.29. The largest absolute Gasteiger partial charge is 0.384 e. The molecule has 1 fully saturated rings. The molecular weight excluding hydrogens is 254 g/mol. The summed E-state index contributed by atoms with van der Waals surface area (Å²) in [4.78, 5) is 17.9. The minimum atomic E-state index is -0.115. The highest BCUT2D eigenvalue weighted by Crippen LogP contribution is 2.20. The van der Waals surface area contributed by atoms with Crippen LogP contribution in [0.2, 0.25) is 5.02 Å². The predicted octanol–water partition coefficient (Wildman–Crippen LogP) is 1.57. The van der Waals surface area contributed by atoms with Gasteiger partial charge in [-0.1, -0.05) is 18.5 Å². The quantitative estimate of drug-likeness (QED) is 0.885. The van der Waals surface area contributed by atoms with Gasteiger partial charge in [0.05, 0.1) is 23.3 Å². The lowest BCUT2D eigenvalue weighted by molar-refractivity contribution is -0.0226. The predicted molar refractivity (Wildman–Crippen MR) is 69.6 cm³/mol. The highest BCUT2D eigenvalue weighted by Gasteiger charge is 2.25. The van der Waals surface area contributed by atoms with Gasteiger partial charge in [-0.2, -0.15) is 0 Å². The number of amides is 1. The van der Waals surface area contributed by atoms with Gasteiger partial charge in [0.15, 0.2) is 0 Å². The summed E-state index contributed by atoms with van der Waals surface area (Å²) < 4.78 is 5.53. The van der Waals surface area contributed by atoms with Gasteiger partial charge in [0.25, 0.3) is 5.91 Å². The first-order valence-electron chi connectivity index (χ1n) is 5.93. The molecule has 1 amide bonds. The number of nitrogens with two attached hydrogens (primary N) is 1. The van der Waals surface area contributed by atoms with E-state index in [4.69, 9.17) is 22.1 Å². The Morgan fingerprint density at radius 2 is 2.50 bits per heavy atom. The first-order chi connectivity index (χ1) is 8.61. The number of pyridine rings is 1. The van der Waals surface area contributed by atoms with Crippen molar-refractivity contribution in [1.29, 1.82) is 0 Å². The number of halogens is 1. The molecule has 1 aromatic rings. The van der Waals surface area contributed by atoms with E-state index >= 15 is 0 Å². The Kier molecular flexibility index (Phi) is 4.04. The molecule has 1 aliphatic heterocycles. The van der Waals surface area contributed by atoms with Crippen molar-refractivity contribution in [3.05, 3.63) is 22.8 Å². The summed E-state index contributed by atoms with van der Waals surface area (Å²) in [6.45, 7) is 3.76. The van der Waals surface area contributed by atoms with Crippen LogP contribution in [0.5, 0.6) is 0 Å². The molecule has 18 heavy (non-hydrogen) atoms. The van der Waals surface area contributed by atoms with E-state index < -0.39 is 0 Å². The molecule has 6 heteroatoms. The van der Waals surface area contributed by atoms with Gasteiger partial charge in [-0.15, -0.1) is 0 Å². The Labute approximate surface area is 111 Å². The maximum absolute atomic E-state index is 12.3. The number of aromatic nitrogens is 1. The second-order valence-electron chi connectivity index (χ2n) is 4.24. The molecule has 5 nitrogen and oxygen atoms in total. The third-order valence-electron chi connectivity index (χ3n) is 2.99. The topological polar surface area (TPSA) is 68.5 Å². The number of hydrogen-bond donors (Lipinski definition) is 1. The summed E-state index contributed by atoms with van der Waals surface area (Å²) in [6.07, 6.45) is 2.39. The maximum Gasteiger partial charge on any atom is 0.255 e. The number of nitrogens with zero attached hydrogens (tertiary/aromatic N) is 2. The molecular formula is C12H16ClN3O2. The molecule has 2 N–H and O–H groups in total. The van der Waals surface area contributed by atoms with Crippen LogP contribution < -0.4 is 5.73 Å². The Morgan fingerprint density at radius 1 is 1.72 bits per heavy atom. The smallest absolute Gasteiger partial charge is 0.255 e. The second-order valence-corrected chi connectivity index (χ2v) is 4.65. The number of ether oxygens (including phenoxy) is 1. The fourth-order valence-electron chi connectivity index (χ4n) is 1.94. The summed E-state index contributed by atoms with van der Waals surface area (Å²) in [5, 5.41) is 0.328. The fraction of sp³-hybridized carbons (Fsp3) is 0.500. The van der Waals surface area contributed by atoms with E-state index in [9.17, 15) is 4.79 Å². The Morgan fingerprint density at radius 3 is 3.22 bits per heavy atom. The van der Waals surface area contributed by atoms with Crippen molar-refractivity contribution in [2.75, 3.05) is 25.4 Å². The molecule has 1 unspecified atom stereocenters.